The van der Waals surface area contributed by atoms with Crippen LogP contribution in [0.2, 0.25) is 0 Å². The van der Waals surface area contributed by atoms with E-state index in [2.05, 4.69) is 39.1 Å². The Kier molecular flexibility index (Phi) is 6.61. The molecule has 2 aromatic carbocycles. The molecule has 0 aliphatic rings. The monoisotopic (exact) mass is 531 g/mol. The second kappa shape index (κ2) is 10.5. The summed E-state index contributed by atoms with van der Waals surface area (Å²) in [5.74, 6) is 0.710. The summed E-state index contributed by atoms with van der Waals surface area (Å²) < 4.78 is 1.55. The minimum atomic E-state index is -0.189. The molecular formula is C31H25N5O2S. The Morgan fingerprint density at radius 2 is 1.62 bits per heavy atom. The maximum absolute atomic E-state index is 13.5. The maximum atomic E-state index is 13.5. The molecule has 4 aromatic heterocycles. The summed E-state index contributed by atoms with van der Waals surface area (Å²) in [6.07, 6.45) is 5.88. The van der Waals surface area contributed by atoms with Crippen molar-refractivity contribution < 1.29 is 4.79 Å². The van der Waals surface area contributed by atoms with Gasteiger partial charge in [-0.3, -0.25) is 14.2 Å². The standard InChI is InChI=1S/C31H25N5O2S/c1-21-16-33-31(39-21)36-14-8-13-25(30(36)38)27-15-26-24(20-37)17-32-29(28(26)34-27)35(18-22-9-4-2-5-10-22)19-23-11-6-3-7-12-23/h2-17,20,34H,18-19H2,1H3. The van der Waals surface area contributed by atoms with Crippen LogP contribution in [-0.4, -0.2) is 25.8 Å². The van der Waals surface area contributed by atoms with E-state index in [0.29, 0.717) is 46.4 Å². The molecule has 8 heteroatoms. The predicted octanol–water partition coefficient (Wildman–Crippen LogP) is 6.17. The van der Waals surface area contributed by atoms with Crippen LogP contribution in [0.3, 0.4) is 0 Å². The summed E-state index contributed by atoms with van der Waals surface area (Å²) in [5.41, 5.74) is 4.37. The molecule has 0 saturated heterocycles. The third-order valence-electron chi connectivity index (χ3n) is 6.59. The van der Waals surface area contributed by atoms with E-state index in [1.165, 1.54) is 11.3 Å². The largest absolute Gasteiger partial charge is 0.351 e. The first-order valence-electron chi connectivity index (χ1n) is 12.6. The maximum Gasteiger partial charge on any atom is 0.266 e. The zero-order valence-electron chi connectivity index (χ0n) is 21.2. The van der Waals surface area contributed by atoms with Gasteiger partial charge in [0.2, 0.25) is 0 Å². The third-order valence-corrected chi connectivity index (χ3v) is 7.50. The first-order valence-corrected chi connectivity index (χ1v) is 13.4. The zero-order valence-corrected chi connectivity index (χ0v) is 22.1. The number of pyridine rings is 2. The molecular weight excluding hydrogens is 506 g/mol. The number of aromatic nitrogens is 4. The van der Waals surface area contributed by atoms with Gasteiger partial charge < -0.3 is 9.88 Å². The van der Waals surface area contributed by atoms with E-state index in [1.807, 2.05) is 55.5 Å². The molecule has 0 aliphatic heterocycles. The molecule has 0 aliphatic carbocycles. The van der Waals surface area contributed by atoms with Crippen molar-refractivity contribution in [3.05, 3.63) is 129 Å². The van der Waals surface area contributed by atoms with Gasteiger partial charge >= 0.3 is 0 Å². The highest BCUT2D eigenvalue weighted by Gasteiger charge is 2.20. The van der Waals surface area contributed by atoms with Crippen molar-refractivity contribution in [1.82, 2.24) is 19.5 Å². The highest BCUT2D eigenvalue weighted by Crippen LogP contribution is 2.32. The summed E-state index contributed by atoms with van der Waals surface area (Å²) >= 11 is 1.46. The molecule has 39 heavy (non-hydrogen) atoms. The Hall–Kier alpha value is -4.82. The summed E-state index contributed by atoms with van der Waals surface area (Å²) in [4.78, 5) is 41.3. The molecule has 0 unspecified atom stereocenters. The van der Waals surface area contributed by atoms with E-state index in [-0.39, 0.29) is 5.56 Å². The molecule has 0 bridgehead atoms. The van der Waals surface area contributed by atoms with Crippen molar-refractivity contribution in [2.24, 2.45) is 0 Å². The van der Waals surface area contributed by atoms with Gasteiger partial charge in [0, 0.05) is 47.5 Å². The van der Waals surface area contributed by atoms with Crippen molar-refractivity contribution in [2.45, 2.75) is 20.0 Å². The Morgan fingerprint density at radius 3 is 2.23 bits per heavy atom. The number of nitrogens with one attached hydrogen (secondary N) is 1. The molecule has 0 fully saturated rings. The Labute approximate surface area is 229 Å². The number of H-pyrrole nitrogens is 1. The Morgan fingerprint density at radius 1 is 0.923 bits per heavy atom. The van der Waals surface area contributed by atoms with E-state index in [1.54, 1.807) is 29.2 Å². The average molecular weight is 532 g/mol. The smallest absolute Gasteiger partial charge is 0.266 e. The lowest BCUT2D eigenvalue weighted by molar-refractivity contribution is 0.112. The summed E-state index contributed by atoms with van der Waals surface area (Å²) in [6.45, 7) is 3.20. The second-order valence-electron chi connectivity index (χ2n) is 9.30. The molecule has 1 N–H and O–H groups in total. The first-order chi connectivity index (χ1) is 19.1. The molecule has 0 spiro atoms. The summed E-state index contributed by atoms with van der Waals surface area (Å²) in [6, 6.07) is 25.9. The van der Waals surface area contributed by atoms with Gasteiger partial charge in [-0.2, -0.15) is 0 Å². The van der Waals surface area contributed by atoms with Crippen LogP contribution in [0.4, 0.5) is 5.82 Å². The van der Waals surface area contributed by atoms with E-state index >= 15 is 0 Å². The Bertz CT molecular complexity index is 1780. The molecule has 0 saturated carbocycles. The second-order valence-corrected chi connectivity index (χ2v) is 10.5. The molecule has 6 rings (SSSR count). The highest BCUT2D eigenvalue weighted by molar-refractivity contribution is 7.14. The highest BCUT2D eigenvalue weighted by atomic mass is 32.1. The number of rotatable bonds is 8. The normalized spacial score (nSPS) is 11.1. The van der Waals surface area contributed by atoms with E-state index in [0.717, 1.165) is 27.7 Å². The number of hydrogen-bond acceptors (Lipinski definition) is 6. The number of hydrogen-bond donors (Lipinski definition) is 1. The van der Waals surface area contributed by atoms with Crippen LogP contribution in [0, 0.1) is 6.92 Å². The topological polar surface area (TPSA) is 83.9 Å². The van der Waals surface area contributed by atoms with Crippen LogP contribution in [0.25, 0.3) is 27.3 Å². The number of carbonyl (C=O) groups excluding carboxylic acids is 1. The molecule has 7 nitrogen and oxygen atoms in total. The minimum Gasteiger partial charge on any atom is -0.351 e. The molecule has 6 aromatic rings. The lowest BCUT2D eigenvalue weighted by atomic mass is 10.1. The van der Waals surface area contributed by atoms with Crippen molar-refractivity contribution in [3.63, 3.8) is 0 Å². The van der Waals surface area contributed by atoms with Crippen molar-refractivity contribution in [2.75, 3.05) is 4.90 Å². The van der Waals surface area contributed by atoms with Gasteiger partial charge in [0.15, 0.2) is 17.2 Å². The number of aldehydes is 1. The number of aryl methyl sites for hydroxylation is 1. The molecule has 0 radical (unpaired) electrons. The van der Waals surface area contributed by atoms with Gasteiger partial charge in [0.05, 0.1) is 16.8 Å². The van der Waals surface area contributed by atoms with Crippen LogP contribution in [0.15, 0.2) is 102 Å². The summed E-state index contributed by atoms with van der Waals surface area (Å²) in [7, 11) is 0. The van der Waals surface area contributed by atoms with Gasteiger partial charge in [-0.05, 0) is 36.2 Å². The van der Waals surface area contributed by atoms with Gasteiger partial charge in [0.25, 0.3) is 5.56 Å². The SMILES string of the molecule is Cc1cnc(-n2cccc(-c3cc4c(C=O)cnc(N(Cc5ccccc5)Cc5ccccc5)c4[nH]3)c2=O)s1. The lowest BCUT2D eigenvalue weighted by Gasteiger charge is -2.25. The van der Waals surface area contributed by atoms with Gasteiger partial charge in [0.1, 0.15) is 0 Å². The van der Waals surface area contributed by atoms with Crippen LogP contribution < -0.4 is 10.5 Å². The van der Waals surface area contributed by atoms with Gasteiger partial charge in [-0.1, -0.05) is 60.7 Å². The molecule has 0 amide bonds. The fourth-order valence-electron chi connectivity index (χ4n) is 4.72. The number of nitrogens with zero attached hydrogens (tertiary/aromatic N) is 4. The number of benzene rings is 2. The first kappa shape index (κ1) is 24.5. The minimum absolute atomic E-state index is 0.189. The predicted molar refractivity (Wildman–Crippen MR) is 156 cm³/mol. The fourth-order valence-corrected chi connectivity index (χ4v) is 5.46. The molecule has 192 valence electrons. The molecule has 4 heterocycles. The van der Waals surface area contributed by atoms with Crippen LogP contribution in [0.1, 0.15) is 26.4 Å². The fraction of sp³-hybridized carbons (Fsp3) is 0.0968. The van der Waals surface area contributed by atoms with E-state index < -0.39 is 0 Å². The van der Waals surface area contributed by atoms with Crippen LogP contribution >= 0.6 is 11.3 Å². The average Bonchev–Trinajstić information content (AvgIpc) is 3.60. The number of aromatic amines is 1. The number of thiazole rings is 1. The Balaban J connectivity index is 1.49. The van der Waals surface area contributed by atoms with Crippen LogP contribution in [-0.2, 0) is 13.1 Å². The lowest BCUT2D eigenvalue weighted by Crippen LogP contribution is -2.23. The zero-order chi connectivity index (χ0) is 26.8. The van der Waals surface area contributed by atoms with E-state index in [4.69, 9.17) is 4.98 Å². The van der Waals surface area contributed by atoms with Crippen molar-refractivity contribution >= 4 is 34.3 Å². The van der Waals surface area contributed by atoms with Gasteiger partial charge in [-0.25, -0.2) is 9.97 Å². The number of carbonyl (C=O) groups is 1. The molecule has 0 atom stereocenters. The number of fused-ring (bicyclic) bond motifs is 1. The van der Waals surface area contributed by atoms with Gasteiger partial charge in [-0.15, -0.1) is 11.3 Å². The summed E-state index contributed by atoms with van der Waals surface area (Å²) in [5, 5.41) is 1.33. The third kappa shape index (κ3) is 4.89. The number of anilines is 1. The quantitative estimate of drug-likeness (QED) is 0.238. The van der Waals surface area contributed by atoms with Crippen molar-refractivity contribution in [3.8, 4) is 16.4 Å². The van der Waals surface area contributed by atoms with E-state index in [9.17, 15) is 9.59 Å². The van der Waals surface area contributed by atoms with Crippen molar-refractivity contribution in [1.29, 1.82) is 0 Å². The van der Waals surface area contributed by atoms with Crippen LogP contribution in [0.5, 0.6) is 0 Å².